The minimum atomic E-state index is -3.69. The number of rotatable bonds is 6. The van der Waals surface area contributed by atoms with Gasteiger partial charge in [-0.2, -0.15) is 9.52 Å². The van der Waals surface area contributed by atoms with Crippen molar-refractivity contribution in [3.8, 4) is 0 Å². The monoisotopic (exact) mass is 445 g/mol. The Hall–Kier alpha value is -3.11. The Morgan fingerprint density at radius 1 is 0.967 bits per heavy atom. The maximum absolute atomic E-state index is 12.5. The molecule has 3 aromatic rings. The van der Waals surface area contributed by atoms with E-state index in [0.717, 1.165) is 10.7 Å². The fourth-order valence-corrected chi connectivity index (χ4v) is 5.17. The zero-order valence-corrected chi connectivity index (χ0v) is 17.6. The third-order valence-corrected chi connectivity index (χ3v) is 7.02. The fraction of sp³-hybridized carbons (Fsp3) is 0.150. The van der Waals surface area contributed by atoms with Gasteiger partial charge in [0.15, 0.2) is 0 Å². The number of anilines is 1. The zero-order valence-electron chi connectivity index (χ0n) is 16.0. The molecule has 1 aliphatic rings. The highest BCUT2D eigenvalue weighted by atomic mass is 32.2. The average molecular weight is 446 g/mol. The van der Waals surface area contributed by atoms with E-state index >= 15 is 0 Å². The van der Waals surface area contributed by atoms with Crippen LogP contribution in [0.1, 0.15) is 23.8 Å². The first-order valence-electron chi connectivity index (χ1n) is 9.03. The predicted molar refractivity (Wildman–Crippen MR) is 113 cm³/mol. The van der Waals surface area contributed by atoms with Gasteiger partial charge in [-0.05, 0) is 42.0 Å². The molecule has 1 aromatic heterocycles. The molecule has 0 saturated carbocycles. The summed E-state index contributed by atoms with van der Waals surface area (Å²) in [6, 6.07) is 17.6. The highest BCUT2D eigenvalue weighted by Gasteiger charge is 2.36. The van der Waals surface area contributed by atoms with E-state index in [-0.39, 0.29) is 4.90 Å². The molecule has 10 heteroatoms. The topological polar surface area (TPSA) is 109 Å². The molecule has 0 saturated heterocycles. The number of hydrogen-bond donors (Lipinski definition) is 1. The summed E-state index contributed by atoms with van der Waals surface area (Å²) in [5.41, 5.74) is 1.66. The second-order valence-corrected chi connectivity index (χ2v) is 10.3. The van der Waals surface area contributed by atoms with Gasteiger partial charge in [0, 0.05) is 12.1 Å². The molecule has 4 rings (SSSR count). The first kappa shape index (κ1) is 20.2. The van der Waals surface area contributed by atoms with Crippen LogP contribution in [0.4, 0.5) is 5.69 Å². The molecule has 0 aliphatic carbocycles. The molecule has 0 unspecified atom stereocenters. The first-order chi connectivity index (χ1) is 14.2. The fourth-order valence-electron chi connectivity index (χ4n) is 3.21. The number of sulfonamides is 2. The van der Waals surface area contributed by atoms with Gasteiger partial charge in [0.25, 0.3) is 10.0 Å². The van der Waals surface area contributed by atoms with Gasteiger partial charge in [-0.15, -0.1) is 0 Å². The van der Waals surface area contributed by atoms with Crippen molar-refractivity contribution in [1.29, 1.82) is 0 Å². The molecule has 8 nitrogen and oxygen atoms in total. The number of nitrogens with one attached hydrogen (secondary N) is 1. The smallest absolute Gasteiger partial charge is 0.261 e. The van der Waals surface area contributed by atoms with Gasteiger partial charge in [-0.3, -0.25) is 4.72 Å². The van der Waals surface area contributed by atoms with Crippen molar-refractivity contribution in [2.45, 2.75) is 17.4 Å². The molecule has 2 aromatic carbocycles. The lowest BCUT2D eigenvalue weighted by molar-refractivity contribution is 0.322. The van der Waals surface area contributed by atoms with E-state index in [2.05, 4.69) is 9.82 Å². The highest BCUT2D eigenvalue weighted by molar-refractivity contribution is 7.92. The van der Waals surface area contributed by atoms with Crippen molar-refractivity contribution >= 4 is 31.4 Å². The molecule has 0 spiro atoms. The third-order valence-electron chi connectivity index (χ3n) is 4.61. The molecule has 1 atom stereocenters. The molecule has 0 fully saturated rings. The van der Waals surface area contributed by atoms with Crippen molar-refractivity contribution in [3.63, 3.8) is 0 Å². The third kappa shape index (κ3) is 4.10. The van der Waals surface area contributed by atoms with E-state index in [0.29, 0.717) is 29.1 Å². The van der Waals surface area contributed by atoms with Crippen LogP contribution in [-0.4, -0.2) is 33.2 Å². The zero-order chi connectivity index (χ0) is 21.4. The molecule has 30 heavy (non-hydrogen) atoms. The Morgan fingerprint density at radius 2 is 1.67 bits per heavy atom. The van der Waals surface area contributed by atoms with Crippen LogP contribution in [0, 0.1) is 0 Å². The van der Waals surface area contributed by atoms with Crippen LogP contribution in [0.3, 0.4) is 0 Å². The van der Waals surface area contributed by atoms with Crippen LogP contribution >= 0.6 is 0 Å². The highest BCUT2D eigenvalue weighted by Crippen LogP contribution is 2.35. The Balaban J connectivity index is 1.57. The summed E-state index contributed by atoms with van der Waals surface area (Å²) in [5.74, 6) is 0.506. The van der Waals surface area contributed by atoms with E-state index in [4.69, 9.17) is 4.42 Å². The molecule has 0 amide bonds. The number of furan rings is 1. The number of benzene rings is 2. The van der Waals surface area contributed by atoms with Crippen molar-refractivity contribution in [2.75, 3.05) is 11.0 Å². The lowest BCUT2D eigenvalue weighted by atomic mass is 10.0. The van der Waals surface area contributed by atoms with E-state index in [1.54, 1.807) is 54.6 Å². The summed E-state index contributed by atoms with van der Waals surface area (Å²) in [4.78, 5) is 0.166. The maximum Gasteiger partial charge on any atom is 0.261 e. The summed E-state index contributed by atoms with van der Waals surface area (Å²) >= 11 is 0. The van der Waals surface area contributed by atoms with Crippen LogP contribution in [0.2, 0.25) is 0 Å². The summed E-state index contributed by atoms with van der Waals surface area (Å²) < 4.78 is 58.2. The van der Waals surface area contributed by atoms with Crippen molar-refractivity contribution < 1.29 is 21.3 Å². The summed E-state index contributed by atoms with van der Waals surface area (Å²) in [6.45, 7) is 0. The summed E-state index contributed by atoms with van der Waals surface area (Å²) in [6.07, 6.45) is 2.92. The lowest BCUT2D eigenvalue weighted by Crippen LogP contribution is -2.25. The second-order valence-electron chi connectivity index (χ2n) is 6.81. The number of hydrogen-bond acceptors (Lipinski definition) is 6. The number of hydrazone groups is 1. The van der Waals surface area contributed by atoms with Gasteiger partial charge >= 0.3 is 0 Å². The van der Waals surface area contributed by atoms with Gasteiger partial charge in [0.05, 0.1) is 23.1 Å². The SMILES string of the molecule is CS(=O)(=O)N1N=C(c2ccc(NS(=O)(=O)c3ccccc3)cc2)C[C@H]1c1ccco1. The van der Waals surface area contributed by atoms with Crippen LogP contribution in [0.15, 0.2) is 87.4 Å². The maximum atomic E-state index is 12.5. The Morgan fingerprint density at radius 3 is 2.27 bits per heavy atom. The van der Waals surface area contributed by atoms with Crippen LogP contribution in [-0.2, 0) is 20.0 Å². The van der Waals surface area contributed by atoms with E-state index in [9.17, 15) is 16.8 Å². The van der Waals surface area contributed by atoms with Crippen LogP contribution in [0.25, 0.3) is 0 Å². The lowest BCUT2D eigenvalue weighted by Gasteiger charge is -2.18. The van der Waals surface area contributed by atoms with Gasteiger partial charge in [0.1, 0.15) is 11.8 Å². The van der Waals surface area contributed by atoms with E-state index in [1.165, 1.54) is 18.4 Å². The summed E-state index contributed by atoms with van der Waals surface area (Å²) in [5, 5.41) is 4.28. The van der Waals surface area contributed by atoms with E-state index < -0.39 is 26.1 Å². The Labute approximate surface area is 174 Å². The minimum Gasteiger partial charge on any atom is -0.467 e. The van der Waals surface area contributed by atoms with Crippen molar-refractivity contribution in [2.24, 2.45) is 5.10 Å². The summed E-state index contributed by atoms with van der Waals surface area (Å²) in [7, 11) is -7.28. The molecular weight excluding hydrogens is 426 g/mol. The minimum absolute atomic E-state index is 0.166. The molecule has 0 bridgehead atoms. The van der Waals surface area contributed by atoms with Gasteiger partial charge < -0.3 is 4.42 Å². The molecule has 156 valence electrons. The average Bonchev–Trinajstić information content (AvgIpc) is 3.38. The van der Waals surface area contributed by atoms with E-state index in [1.807, 2.05) is 0 Å². The molecular formula is C20H19N3O5S2. The standard InChI is InChI=1S/C20H19N3O5S2/c1-29(24,25)23-19(20-8-5-13-28-20)14-18(21-23)15-9-11-16(12-10-15)22-30(26,27)17-6-3-2-4-7-17/h2-13,19,22H,14H2,1H3/t19-/m0/s1. The Kier molecular flexibility index (Phi) is 5.12. The second kappa shape index (κ2) is 7.62. The van der Waals surface area contributed by atoms with Crippen LogP contribution in [0.5, 0.6) is 0 Å². The number of nitrogens with zero attached hydrogens (tertiary/aromatic N) is 2. The normalized spacial score (nSPS) is 17.0. The molecule has 1 aliphatic heterocycles. The van der Waals surface area contributed by atoms with Crippen LogP contribution < -0.4 is 4.72 Å². The van der Waals surface area contributed by atoms with Gasteiger partial charge in [-0.1, -0.05) is 30.3 Å². The largest absolute Gasteiger partial charge is 0.467 e. The van der Waals surface area contributed by atoms with Gasteiger partial charge in [-0.25, -0.2) is 16.8 Å². The molecule has 1 N–H and O–H groups in total. The molecule has 2 heterocycles. The quantitative estimate of drug-likeness (QED) is 0.627. The van der Waals surface area contributed by atoms with Crippen molar-refractivity contribution in [3.05, 3.63) is 84.3 Å². The Bertz CT molecular complexity index is 1270. The van der Waals surface area contributed by atoms with Gasteiger partial charge in [0.2, 0.25) is 10.0 Å². The molecule has 0 radical (unpaired) electrons. The van der Waals surface area contributed by atoms with Crippen molar-refractivity contribution in [1.82, 2.24) is 4.41 Å². The predicted octanol–water partition coefficient (Wildman–Crippen LogP) is 3.19. The first-order valence-corrected chi connectivity index (χ1v) is 12.4.